The average Bonchev–Trinajstić information content (AvgIpc) is 1.61. The molecule has 25 nitrogen and oxygen atoms in total. The lowest BCUT2D eigenvalue weighted by molar-refractivity contribution is 0.415. The maximum Gasteiger partial charge on any atom is 0.149 e. The molecule has 14 aromatic heterocycles. The third-order valence-electron chi connectivity index (χ3n) is 22.5. The van der Waals surface area contributed by atoms with Crippen molar-refractivity contribution in [3.05, 3.63) is 255 Å². The molecule has 0 fully saturated rings. The molecule has 0 bridgehead atoms. The van der Waals surface area contributed by atoms with Crippen LogP contribution in [0.15, 0.2) is 140 Å². The molecule has 0 spiro atoms. The van der Waals surface area contributed by atoms with Crippen LogP contribution in [-0.2, 0) is 7.05 Å². The van der Waals surface area contributed by atoms with Crippen LogP contribution in [0, 0.1) is 104 Å². The van der Waals surface area contributed by atoms with Crippen molar-refractivity contribution in [2.45, 2.75) is 104 Å². The van der Waals surface area contributed by atoms with E-state index in [4.69, 9.17) is 143 Å². The van der Waals surface area contributed by atoms with Crippen molar-refractivity contribution < 1.29 is 23.7 Å². The zero-order valence-electron chi connectivity index (χ0n) is 73.0. The zero-order valence-corrected chi connectivity index (χ0v) is 77.6. The molecule has 638 valence electrons. The van der Waals surface area contributed by atoms with Gasteiger partial charge in [0, 0.05) is 102 Å². The summed E-state index contributed by atoms with van der Waals surface area (Å²) in [6.07, 6.45) is 9.04. The number of nitrogens with zero attached hydrogens (tertiary/aromatic N) is 20. The van der Waals surface area contributed by atoms with E-state index in [2.05, 4.69) is 55.9 Å². The maximum absolute atomic E-state index is 6.42. The molecular formula is C95H86Cl6N20O5. The van der Waals surface area contributed by atoms with Crippen molar-refractivity contribution >= 4 is 152 Å². The minimum atomic E-state index is 0.526. The SMILES string of the molecule is COc1cc2nc(C)c3c(C)nc(-c4c(C)nn(C)c4C)n3c2cc1Cl.COc1cc2nc(C)c3c(C)nc(-c4ccccc4Cl)n3c2cc1Cl.COc1cc2nc(C)c3c(C)nc(-c4cccnc4C)n3c2cc1Cl.COc1cc2nc(C)c3c(C)nc(-c4ccncc4C)n3c2cc1Cl.COc1cc2nc(C)c3c(C)nc(-c4cnccc4C)n3c2cc1Cl. The van der Waals surface area contributed by atoms with E-state index in [-0.39, 0.29) is 0 Å². The molecule has 31 heteroatoms. The highest BCUT2D eigenvalue weighted by Crippen LogP contribution is 2.43. The normalized spacial score (nSPS) is 11.5. The van der Waals surface area contributed by atoms with Crippen LogP contribution in [-0.4, -0.2) is 132 Å². The van der Waals surface area contributed by atoms with Crippen LogP contribution < -0.4 is 23.7 Å². The number of fused-ring (bicyclic) bond motifs is 15. The summed E-state index contributed by atoms with van der Waals surface area (Å²) in [5, 5.41) is 7.91. The number of methoxy groups -OCH3 is 5. The van der Waals surface area contributed by atoms with Gasteiger partial charge in [0.2, 0.25) is 0 Å². The van der Waals surface area contributed by atoms with E-state index >= 15 is 0 Å². The Morgan fingerprint density at radius 2 is 0.579 bits per heavy atom. The van der Waals surface area contributed by atoms with E-state index in [9.17, 15) is 0 Å². The van der Waals surface area contributed by atoms with Gasteiger partial charge in [0.1, 0.15) is 57.9 Å². The van der Waals surface area contributed by atoms with Crippen molar-refractivity contribution in [1.82, 2.24) is 96.6 Å². The molecule has 20 aromatic rings. The number of imidazole rings is 5. The Balaban J connectivity index is 0.000000116. The van der Waals surface area contributed by atoms with Gasteiger partial charge in [-0.3, -0.25) is 41.6 Å². The summed E-state index contributed by atoms with van der Waals surface area (Å²) >= 11 is 38.3. The number of rotatable bonds is 10. The van der Waals surface area contributed by atoms with E-state index in [0.717, 1.165) is 225 Å². The van der Waals surface area contributed by atoms with Crippen molar-refractivity contribution in [3.8, 4) is 85.7 Å². The Morgan fingerprint density at radius 1 is 0.270 bits per heavy atom. The molecule has 0 aliphatic heterocycles. The van der Waals surface area contributed by atoms with E-state index in [1.54, 1.807) is 54.1 Å². The lowest BCUT2D eigenvalue weighted by Gasteiger charge is -2.11. The van der Waals surface area contributed by atoms with Crippen molar-refractivity contribution in [2.24, 2.45) is 7.05 Å². The number of halogens is 6. The molecule has 0 saturated carbocycles. The van der Waals surface area contributed by atoms with Crippen LogP contribution in [0.2, 0.25) is 30.1 Å². The highest BCUT2D eigenvalue weighted by molar-refractivity contribution is 6.35. The third-order valence-corrected chi connectivity index (χ3v) is 24.3. The topological polar surface area (TPSA) is 254 Å². The molecule has 0 N–H and O–H groups in total. The number of hydrogen-bond donors (Lipinski definition) is 0. The summed E-state index contributed by atoms with van der Waals surface area (Å²) in [4.78, 5) is 60.6. The number of aryl methyl sites for hydroxylation is 15. The predicted octanol–water partition coefficient (Wildman–Crippen LogP) is 23.3. The van der Waals surface area contributed by atoms with Gasteiger partial charge in [-0.05, 0) is 182 Å². The van der Waals surface area contributed by atoms with Crippen molar-refractivity contribution in [1.29, 1.82) is 0 Å². The molecule has 14 heterocycles. The van der Waals surface area contributed by atoms with Gasteiger partial charge in [0.15, 0.2) is 0 Å². The first-order chi connectivity index (χ1) is 60.4. The van der Waals surface area contributed by atoms with E-state index < -0.39 is 0 Å². The predicted molar refractivity (Wildman–Crippen MR) is 504 cm³/mol. The molecular weight excluding hydrogens is 1710 g/mol. The second-order valence-corrected chi connectivity index (χ2v) is 33.0. The van der Waals surface area contributed by atoms with Crippen LogP contribution in [0.1, 0.15) is 85.1 Å². The van der Waals surface area contributed by atoms with E-state index in [1.807, 2.05) is 223 Å². The largest absolute Gasteiger partial charge is 0.495 e. The molecule has 0 radical (unpaired) electrons. The lowest BCUT2D eigenvalue weighted by atomic mass is 10.1. The van der Waals surface area contributed by atoms with Gasteiger partial charge >= 0.3 is 0 Å². The number of ether oxygens (including phenoxy) is 5. The van der Waals surface area contributed by atoms with Crippen LogP contribution in [0.3, 0.4) is 0 Å². The Kier molecular flexibility index (Phi) is 23.8. The Labute approximate surface area is 754 Å². The van der Waals surface area contributed by atoms with Gasteiger partial charge < -0.3 is 23.7 Å². The first kappa shape index (κ1) is 86.6. The standard InChI is InChI=1S/C19H15Cl2N3O.C19H20ClN5O.3C19H17ClN4O/c1-10-18-11(2)23-19(12-6-4-5-7-13(12)20)24(18)16-8-14(21)17(25-3)9-15(16)22-10;1-9-17(12(4)24(5)23-9)19-22-11(3)18-10(2)21-14-8-16(26-6)13(20)7-15(14)25(18)19;1-10-9-21-6-5-13(10)19-23-12(3)18-11(2)22-15-8-17(25-4)14(20)7-16(15)24(18)19;1-10-5-6-21-9-13(10)19-23-12(3)18-11(2)22-15-8-17(25-4)14(20)7-16(15)24(18)19;1-10-13(6-5-7-21-10)19-23-12(3)18-11(2)22-15-9-17(25-4)14(20)8-16(15)24(18)19/h4-9H,1-3H3;7-8H,1-6H3;3*5-9H,1-4H3. The van der Waals surface area contributed by atoms with Gasteiger partial charge in [-0.15, -0.1) is 0 Å². The number of benzene rings is 6. The molecule has 0 unspecified atom stereocenters. The van der Waals surface area contributed by atoms with Gasteiger partial charge in [0.25, 0.3) is 0 Å². The van der Waals surface area contributed by atoms with Crippen molar-refractivity contribution in [3.63, 3.8) is 0 Å². The Morgan fingerprint density at radius 3 is 0.913 bits per heavy atom. The molecule has 126 heavy (non-hydrogen) atoms. The molecule has 0 atom stereocenters. The first-order valence-corrected chi connectivity index (χ1v) is 42.3. The smallest absolute Gasteiger partial charge is 0.149 e. The number of pyridine rings is 3. The lowest BCUT2D eigenvalue weighted by Crippen LogP contribution is -1.99. The van der Waals surface area contributed by atoms with Gasteiger partial charge in [0.05, 0.1) is 217 Å². The van der Waals surface area contributed by atoms with Gasteiger partial charge in [-0.1, -0.05) is 81.7 Å². The first-order valence-electron chi connectivity index (χ1n) is 40.0. The summed E-state index contributed by atoms with van der Waals surface area (Å²) in [6.45, 7) is 30.0. The van der Waals surface area contributed by atoms with E-state index in [1.165, 1.54) is 0 Å². The maximum atomic E-state index is 6.42. The second-order valence-electron chi connectivity index (χ2n) is 30.6. The molecule has 0 aliphatic rings. The molecule has 20 rings (SSSR count). The van der Waals surface area contributed by atoms with Gasteiger partial charge in [-0.2, -0.15) is 5.10 Å². The highest BCUT2D eigenvalue weighted by atomic mass is 35.5. The Bertz CT molecular complexity index is 7120. The summed E-state index contributed by atoms with van der Waals surface area (Å²) in [5.74, 6) is 7.21. The van der Waals surface area contributed by atoms with Crippen LogP contribution in [0.25, 0.3) is 140 Å². The fourth-order valence-electron chi connectivity index (χ4n) is 16.7. The summed E-state index contributed by atoms with van der Waals surface area (Å²) in [6, 6.07) is 34.3. The van der Waals surface area contributed by atoms with Crippen LogP contribution in [0.5, 0.6) is 28.7 Å². The summed E-state index contributed by atoms with van der Waals surface area (Å²) in [5.41, 5.74) is 32.6. The van der Waals surface area contributed by atoms with Crippen molar-refractivity contribution in [2.75, 3.05) is 35.5 Å². The number of aromatic nitrogens is 20. The third kappa shape index (κ3) is 15.3. The monoisotopic (exact) mass is 1800 g/mol. The van der Waals surface area contributed by atoms with E-state index in [0.29, 0.717) is 58.9 Å². The molecule has 0 amide bonds. The minimum Gasteiger partial charge on any atom is -0.495 e. The quantitative estimate of drug-likeness (QED) is 0.123. The van der Waals surface area contributed by atoms with Crippen LogP contribution >= 0.6 is 69.6 Å². The fourth-order valence-corrected chi connectivity index (χ4v) is 18.1. The zero-order chi connectivity index (χ0) is 89.6. The summed E-state index contributed by atoms with van der Waals surface area (Å²) in [7, 11) is 9.95. The summed E-state index contributed by atoms with van der Waals surface area (Å²) < 4.78 is 39.1. The second kappa shape index (κ2) is 34.6. The molecule has 0 saturated heterocycles. The van der Waals surface area contributed by atoms with Crippen LogP contribution in [0.4, 0.5) is 0 Å². The minimum absolute atomic E-state index is 0.526. The number of hydrogen-bond acceptors (Lipinski definition) is 19. The fraction of sp³-hybridized carbons (Fsp3) is 0.221. The molecule has 0 aliphatic carbocycles. The molecule has 6 aromatic carbocycles. The van der Waals surface area contributed by atoms with Gasteiger partial charge in [-0.25, -0.2) is 49.8 Å². The Hall–Kier alpha value is -12.9. The average molecular weight is 1800 g/mol. The highest BCUT2D eigenvalue weighted by Gasteiger charge is 2.27.